The maximum absolute atomic E-state index is 11.8. The van der Waals surface area contributed by atoms with Crippen molar-refractivity contribution in [1.29, 1.82) is 0 Å². The van der Waals surface area contributed by atoms with Gasteiger partial charge in [-0.25, -0.2) is 0 Å². The van der Waals surface area contributed by atoms with Gasteiger partial charge < -0.3 is 24.8 Å². The molecule has 1 unspecified atom stereocenters. The number of amides is 1. The van der Waals surface area contributed by atoms with Crippen LogP contribution in [0, 0.1) is 0 Å². The summed E-state index contributed by atoms with van der Waals surface area (Å²) in [6.07, 6.45) is 0. The zero-order valence-electron chi connectivity index (χ0n) is 11.8. The molecule has 1 heterocycles. The molecule has 6 heteroatoms. The SMILES string of the molecule is COCCNC(=O)C(C)NCc1ccc2c(c1)OCO2. The summed E-state index contributed by atoms with van der Waals surface area (Å²) in [4.78, 5) is 11.8. The number of ether oxygens (including phenoxy) is 3. The highest BCUT2D eigenvalue weighted by atomic mass is 16.7. The van der Waals surface area contributed by atoms with E-state index in [1.807, 2.05) is 25.1 Å². The van der Waals surface area contributed by atoms with Crippen LogP contribution in [0.15, 0.2) is 18.2 Å². The van der Waals surface area contributed by atoms with E-state index >= 15 is 0 Å². The summed E-state index contributed by atoms with van der Waals surface area (Å²) in [5.41, 5.74) is 1.05. The monoisotopic (exact) mass is 280 g/mol. The molecule has 20 heavy (non-hydrogen) atoms. The molecule has 0 bridgehead atoms. The smallest absolute Gasteiger partial charge is 0.236 e. The van der Waals surface area contributed by atoms with Crippen LogP contribution in [0.3, 0.4) is 0 Å². The minimum absolute atomic E-state index is 0.0391. The summed E-state index contributed by atoms with van der Waals surface area (Å²) in [7, 11) is 1.60. The first-order chi connectivity index (χ1) is 9.70. The Morgan fingerprint density at radius 1 is 1.40 bits per heavy atom. The minimum atomic E-state index is -0.266. The van der Waals surface area contributed by atoms with Gasteiger partial charge in [-0.2, -0.15) is 0 Å². The fourth-order valence-electron chi connectivity index (χ4n) is 1.84. The molecular weight excluding hydrogens is 260 g/mol. The fraction of sp³-hybridized carbons (Fsp3) is 0.500. The lowest BCUT2D eigenvalue weighted by Gasteiger charge is -2.14. The number of rotatable bonds is 7. The Labute approximate surface area is 118 Å². The van der Waals surface area contributed by atoms with Crippen molar-refractivity contribution in [1.82, 2.24) is 10.6 Å². The topological polar surface area (TPSA) is 68.8 Å². The Balaban J connectivity index is 1.78. The van der Waals surface area contributed by atoms with Crippen LogP contribution in [0.5, 0.6) is 11.5 Å². The second kappa shape index (κ2) is 7.12. The first-order valence-corrected chi connectivity index (χ1v) is 6.59. The maximum atomic E-state index is 11.8. The van der Waals surface area contributed by atoms with Crippen molar-refractivity contribution in [3.05, 3.63) is 23.8 Å². The lowest BCUT2D eigenvalue weighted by Crippen LogP contribution is -2.42. The van der Waals surface area contributed by atoms with E-state index < -0.39 is 0 Å². The molecule has 1 aromatic rings. The van der Waals surface area contributed by atoms with Crippen LogP contribution in [0.2, 0.25) is 0 Å². The Hall–Kier alpha value is -1.79. The molecule has 1 amide bonds. The van der Waals surface area contributed by atoms with Gasteiger partial charge in [0.05, 0.1) is 12.6 Å². The maximum Gasteiger partial charge on any atom is 0.236 e. The van der Waals surface area contributed by atoms with Gasteiger partial charge >= 0.3 is 0 Å². The second-order valence-electron chi connectivity index (χ2n) is 4.57. The van der Waals surface area contributed by atoms with Crippen molar-refractivity contribution < 1.29 is 19.0 Å². The predicted molar refractivity (Wildman–Crippen MR) is 73.8 cm³/mol. The molecule has 0 aromatic heterocycles. The van der Waals surface area contributed by atoms with Crippen LogP contribution in [0.25, 0.3) is 0 Å². The molecule has 110 valence electrons. The standard InChI is InChI=1S/C14H20N2O4/c1-10(14(17)15-5-6-18-2)16-8-11-3-4-12-13(7-11)20-9-19-12/h3-4,7,10,16H,5-6,8-9H2,1-2H3,(H,15,17). The molecule has 2 N–H and O–H groups in total. The van der Waals surface area contributed by atoms with Gasteiger partial charge in [-0.3, -0.25) is 4.79 Å². The van der Waals surface area contributed by atoms with E-state index in [-0.39, 0.29) is 18.7 Å². The Morgan fingerprint density at radius 3 is 3.00 bits per heavy atom. The summed E-state index contributed by atoms with van der Waals surface area (Å²) in [6, 6.07) is 5.49. The summed E-state index contributed by atoms with van der Waals surface area (Å²) >= 11 is 0. The van der Waals surface area contributed by atoms with Crippen molar-refractivity contribution in [3.63, 3.8) is 0 Å². The third-order valence-electron chi connectivity index (χ3n) is 3.05. The molecule has 0 spiro atoms. The van der Waals surface area contributed by atoms with Crippen molar-refractivity contribution >= 4 is 5.91 Å². The average molecular weight is 280 g/mol. The average Bonchev–Trinajstić information content (AvgIpc) is 2.92. The van der Waals surface area contributed by atoms with E-state index in [2.05, 4.69) is 10.6 Å². The number of hydrogen-bond donors (Lipinski definition) is 2. The number of carbonyl (C=O) groups excluding carboxylic acids is 1. The van der Waals surface area contributed by atoms with Crippen molar-refractivity contribution in [2.75, 3.05) is 27.1 Å². The molecule has 0 saturated heterocycles. The lowest BCUT2D eigenvalue weighted by atomic mass is 10.2. The van der Waals surface area contributed by atoms with Gasteiger partial charge in [0, 0.05) is 20.2 Å². The highest BCUT2D eigenvalue weighted by molar-refractivity contribution is 5.81. The molecule has 0 aliphatic carbocycles. The lowest BCUT2D eigenvalue weighted by molar-refractivity contribution is -0.122. The minimum Gasteiger partial charge on any atom is -0.454 e. The van der Waals surface area contributed by atoms with Gasteiger partial charge in [-0.15, -0.1) is 0 Å². The van der Waals surface area contributed by atoms with E-state index in [1.165, 1.54) is 0 Å². The van der Waals surface area contributed by atoms with Crippen molar-refractivity contribution in [2.24, 2.45) is 0 Å². The Kier molecular flexibility index (Phi) is 5.20. The molecule has 0 fully saturated rings. The van der Waals surface area contributed by atoms with E-state index in [9.17, 15) is 4.79 Å². The molecular formula is C14H20N2O4. The molecule has 1 aliphatic rings. The van der Waals surface area contributed by atoms with Gasteiger partial charge in [0.15, 0.2) is 11.5 Å². The molecule has 0 radical (unpaired) electrons. The van der Waals surface area contributed by atoms with E-state index in [4.69, 9.17) is 14.2 Å². The second-order valence-corrected chi connectivity index (χ2v) is 4.57. The van der Waals surface area contributed by atoms with Gasteiger partial charge in [0.2, 0.25) is 12.7 Å². The molecule has 1 aromatic carbocycles. The first-order valence-electron chi connectivity index (χ1n) is 6.59. The van der Waals surface area contributed by atoms with Crippen LogP contribution < -0.4 is 20.1 Å². The quantitative estimate of drug-likeness (QED) is 0.718. The van der Waals surface area contributed by atoms with Gasteiger partial charge in [0.25, 0.3) is 0 Å². The number of hydrogen-bond acceptors (Lipinski definition) is 5. The van der Waals surface area contributed by atoms with Gasteiger partial charge in [-0.05, 0) is 24.6 Å². The molecule has 0 saturated carbocycles. The van der Waals surface area contributed by atoms with Crippen LogP contribution >= 0.6 is 0 Å². The van der Waals surface area contributed by atoms with Gasteiger partial charge in [-0.1, -0.05) is 6.07 Å². The third kappa shape index (κ3) is 3.85. The number of nitrogens with one attached hydrogen (secondary N) is 2. The van der Waals surface area contributed by atoms with Crippen LogP contribution in [0.4, 0.5) is 0 Å². The molecule has 2 rings (SSSR count). The largest absolute Gasteiger partial charge is 0.454 e. The molecule has 6 nitrogen and oxygen atoms in total. The highest BCUT2D eigenvalue weighted by Gasteiger charge is 2.15. The Bertz CT molecular complexity index is 464. The number of benzene rings is 1. The number of methoxy groups -OCH3 is 1. The summed E-state index contributed by atoms with van der Waals surface area (Å²) < 4.78 is 15.5. The van der Waals surface area contributed by atoms with Crippen LogP contribution in [0.1, 0.15) is 12.5 Å². The summed E-state index contributed by atoms with van der Waals surface area (Å²) in [5.74, 6) is 1.48. The van der Waals surface area contributed by atoms with Crippen molar-refractivity contribution in [2.45, 2.75) is 19.5 Å². The first kappa shape index (κ1) is 14.6. The van der Waals surface area contributed by atoms with Crippen LogP contribution in [-0.4, -0.2) is 39.0 Å². The zero-order chi connectivity index (χ0) is 14.4. The van der Waals surface area contributed by atoms with E-state index in [1.54, 1.807) is 7.11 Å². The normalized spacial score (nSPS) is 14.1. The predicted octanol–water partition coefficient (Wildman–Crippen LogP) is 0.656. The van der Waals surface area contributed by atoms with E-state index in [0.29, 0.717) is 19.7 Å². The van der Waals surface area contributed by atoms with Crippen LogP contribution in [-0.2, 0) is 16.1 Å². The molecule has 1 atom stereocenters. The van der Waals surface area contributed by atoms with Gasteiger partial charge in [0.1, 0.15) is 0 Å². The van der Waals surface area contributed by atoms with Crippen molar-refractivity contribution in [3.8, 4) is 11.5 Å². The highest BCUT2D eigenvalue weighted by Crippen LogP contribution is 2.32. The summed E-state index contributed by atoms with van der Waals surface area (Å²) in [6.45, 7) is 3.72. The fourth-order valence-corrected chi connectivity index (χ4v) is 1.84. The zero-order valence-corrected chi connectivity index (χ0v) is 11.8. The summed E-state index contributed by atoms with van der Waals surface area (Å²) in [5, 5.41) is 5.96. The van der Waals surface area contributed by atoms with E-state index in [0.717, 1.165) is 17.1 Å². The third-order valence-corrected chi connectivity index (χ3v) is 3.05. The Morgan fingerprint density at radius 2 is 2.20 bits per heavy atom. The number of carbonyl (C=O) groups is 1. The molecule has 1 aliphatic heterocycles. The number of fused-ring (bicyclic) bond motifs is 1.